The zero-order valence-corrected chi connectivity index (χ0v) is 16.8. The maximum absolute atomic E-state index is 13.4. The minimum absolute atomic E-state index is 0.0144. The second kappa shape index (κ2) is 7.31. The number of nitrogens with zero attached hydrogens (tertiary/aromatic N) is 1. The molecule has 1 aromatic carbocycles. The summed E-state index contributed by atoms with van der Waals surface area (Å²) in [4.78, 5) is 15.2. The molecular weight excluding hydrogens is 350 g/mol. The first kappa shape index (κ1) is 19.4. The molecular formula is C20H29NO4S. The molecule has 2 saturated heterocycles. The molecule has 0 N–H and O–H groups in total. The van der Waals surface area contributed by atoms with E-state index < -0.39 is 9.84 Å². The fraction of sp³-hybridized carbons (Fsp3) is 0.650. The Bertz CT molecular complexity index is 755. The summed E-state index contributed by atoms with van der Waals surface area (Å²) in [6, 6.07) is 7.91. The minimum Gasteiger partial charge on any atom is -0.373 e. The monoisotopic (exact) mass is 379 g/mol. The van der Waals surface area contributed by atoms with Crippen LogP contribution in [0.15, 0.2) is 24.3 Å². The molecule has 26 heavy (non-hydrogen) atoms. The number of fused-ring (bicyclic) bond motifs is 1. The van der Waals surface area contributed by atoms with Crippen LogP contribution in [-0.2, 0) is 19.4 Å². The van der Waals surface area contributed by atoms with Crippen molar-refractivity contribution in [2.75, 3.05) is 24.7 Å². The van der Waals surface area contributed by atoms with Gasteiger partial charge in [-0.2, -0.15) is 0 Å². The molecule has 5 nitrogen and oxygen atoms in total. The second-order valence-corrected chi connectivity index (χ2v) is 10.3. The van der Waals surface area contributed by atoms with Gasteiger partial charge in [0, 0.05) is 6.54 Å². The van der Waals surface area contributed by atoms with E-state index >= 15 is 0 Å². The van der Waals surface area contributed by atoms with Crippen molar-refractivity contribution in [2.24, 2.45) is 5.92 Å². The van der Waals surface area contributed by atoms with Gasteiger partial charge >= 0.3 is 0 Å². The Hall–Kier alpha value is -1.40. The van der Waals surface area contributed by atoms with Crippen LogP contribution in [0, 0.1) is 5.92 Å². The van der Waals surface area contributed by atoms with Crippen LogP contribution >= 0.6 is 0 Å². The fourth-order valence-electron chi connectivity index (χ4n) is 4.07. The summed E-state index contributed by atoms with van der Waals surface area (Å²) in [5.74, 6) is 0.371. The third-order valence-electron chi connectivity index (χ3n) is 5.51. The molecule has 2 heterocycles. The highest BCUT2D eigenvalue weighted by molar-refractivity contribution is 7.91. The average Bonchev–Trinajstić information content (AvgIpc) is 2.88. The van der Waals surface area contributed by atoms with Gasteiger partial charge in [-0.05, 0) is 23.0 Å². The van der Waals surface area contributed by atoms with Crippen molar-refractivity contribution in [3.8, 4) is 0 Å². The number of morpholine rings is 1. The maximum Gasteiger partial charge on any atom is 0.230 e. The number of sulfone groups is 1. The Morgan fingerprint density at radius 1 is 1.08 bits per heavy atom. The van der Waals surface area contributed by atoms with Gasteiger partial charge in [0.05, 0.1) is 36.2 Å². The van der Waals surface area contributed by atoms with Gasteiger partial charge in [-0.1, -0.05) is 52.0 Å². The number of carbonyl (C=O) groups excluding carboxylic acids is 1. The quantitative estimate of drug-likeness (QED) is 0.807. The van der Waals surface area contributed by atoms with E-state index in [0.29, 0.717) is 19.1 Å². The Kier molecular flexibility index (Phi) is 5.45. The summed E-state index contributed by atoms with van der Waals surface area (Å²) in [7, 11) is -3.14. The number of ether oxygens (including phenoxy) is 1. The van der Waals surface area contributed by atoms with Crippen LogP contribution in [0.3, 0.4) is 0 Å². The van der Waals surface area contributed by atoms with Crippen LogP contribution in [0.4, 0.5) is 0 Å². The van der Waals surface area contributed by atoms with Crippen molar-refractivity contribution in [3.05, 3.63) is 35.4 Å². The van der Waals surface area contributed by atoms with Crippen LogP contribution in [0.2, 0.25) is 0 Å². The molecule has 3 atom stereocenters. The van der Waals surface area contributed by atoms with Crippen LogP contribution < -0.4 is 0 Å². The number of rotatable bonds is 4. The van der Waals surface area contributed by atoms with Crippen molar-refractivity contribution in [2.45, 2.75) is 51.7 Å². The average molecular weight is 380 g/mol. The first-order chi connectivity index (χ1) is 12.2. The van der Waals surface area contributed by atoms with E-state index in [-0.39, 0.29) is 41.4 Å². The van der Waals surface area contributed by atoms with Gasteiger partial charge in [-0.15, -0.1) is 0 Å². The largest absolute Gasteiger partial charge is 0.373 e. The topological polar surface area (TPSA) is 63.7 Å². The third-order valence-corrected chi connectivity index (χ3v) is 7.20. The van der Waals surface area contributed by atoms with E-state index in [1.54, 1.807) is 4.90 Å². The molecule has 0 radical (unpaired) electrons. The first-order valence-corrected chi connectivity index (χ1v) is 11.2. The summed E-state index contributed by atoms with van der Waals surface area (Å²) >= 11 is 0. The Balaban J connectivity index is 1.87. The van der Waals surface area contributed by atoms with Gasteiger partial charge < -0.3 is 9.64 Å². The van der Waals surface area contributed by atoms with Crippen molar-refractivity contribution in [3.63, 3.8) is 0 Å². The number of hydrogen-bond acceptors (Lipinski definition) is 4. The van der Waals surface area contributed by atoms with Crippen LogP contribution in [0.25, 0.3) is 0 Å². The van der Waals surface area contributed by atoms with Gasteiger partial charge in [-0.3, -0.25) is 4.79 Å². The smallest absolute Gasteiger partial charge is 0.230 e. The molecule has 6 heteroatoms. The van der Waals surface area contributed by atoms with E-state index in [2.05, 4.69) is 26.0 Å². The molecule has 2 fully saturated rings. The highest BCUT2D eigenvalue weighted by Crippen LogP contribution is 2.32. The number of hydrogen-bond donors (Lipinski definition) is 0. The molecule has 2 aliphatic heterocycles. The van der Waals surface area contributed by atoms with Gasteiger partial charge in [0.2, 0.25) is 5.91 Å². The van der Waals surface area contributed by atoms with Crippen molar-refractivity contribution >= 4 is 15.7 Å². The molecule has 1 amide bonds. The predicted octanol–water partition coefficient (Wildman–Crippen LogP) is 2.57. The number of amides is 1. The highest BCUT2D eigenvalue weighted by Gasteiger charge is 2.47. The first-order valence-electron chi connectivity index (χ1n) is 9.42. The predicted molar refractivity (Wildman–Crippen MR) is 102 cm³/mol. The van der Waals surface area contributed by atoms with Gasteiger partial charge in [-0.25, -0.2) is 8.42 Å². The Morgan fingerprint density at radius 3 is 2.27 bits per heavy atom. The maximum atomic E-state index is 13.4. The Morgan fingerprint density at radius 2 is 1.69 bits per heavy atom. The van der Waals surface area contributed by atoms with Gasteiger partial charge in [0.1, 0.15) is 0 Å². The minimum atomic E-state index is -3.14. The van der Waals surface area contributed by atoms with Crippen molar-refractivity contribution < 1.29 is 17.9 Å². The van der Waals surface area contributed by atoms with Gasteiger partial charge in [0.25, 0.3) is 0 Å². The molecule has 0 aromatic heterocycles. The summed E-state index contributed by atoms with van der Waals surface area (Å²) < 4.78 is 29.7. The Labute approximate surface area is 156 Å². The van der Waals surface area contributed by atoms with E-state index in [1.165, 1.54) is 5.56 Å². The summed E-state index contributed by atoms with van der Waals surface area (Å²) in [6.07, 6.45) is -0.381. The van der Waals surface area contributed by atoms with E-state index in [4.69, 9.17) is 4.74 Å². The fourth-order valence-corrected chi connectivity index (χ4v) is 5.94. The summed E-state index contributed by atoms with van der Waals surface area (Å²) in [5, 5.41) is 0. The number of carbonyl (C=O) groups is 1. The summed E-state index contributed by atoms with van der Waals surface area (Å²) in [6.45, 7) is 9.25. The van der Waals surface area contributed by atoms with E-state index in [0.717, 1.165) is 5.56 Å². The zero-order valence-electron chi connectivity index (χ0n) is 16.0. The SMILES string of the molecule is CC(C)c1ccc(C(C(=O)N2CCOC3CS(=O)(=O)CC32)C(C)C)cc1. The normalized spacial score (nSPS) is 26.2. The van der Waals surface area contributed by atoms with E-state index in [9.17, 15) is 13.2 Å². The molecule has 0 saturated carbocycles. The lowest BCUT2D eigenvalue weighted by Crippen LogP contribution is -2.54. The lowest BCUT2D eigenvalue weighted by atomic mass is 9.85. The van der Waals surface area contributed by atoms with Crippen molar-refractivity contribution in [1.82, 2.24) is 4.90 Å². The number of benzene rings is 1. The molecule has 3 rings (SSSR count). The lowest BCUT2D eigenvalue weighted by Gasteiger charge is -2.39. The van der Waals surface area contributed by atoms with Crippen LogP contribution in [0.1, 0.15) is 50.7 Å². The molecule has 2 aliphatic rings. The van der Waals surface area contributed by atoms with Crippen molar-refractivity contribution in [1.29, 1.82) is 0 Å². The van der Waals surface area contributed by atoms with Crippen LogP contribution in [-0.4, -0.2) is 56.0 Å². The lowest BCUT2D eigenvalue weighted by molar-refractivity contribution is -0.145. The summed E-state index contributed by atoms with van der Waals surface area (Å²) in [5.41, 5.74) is 2.25. The third kappa shape index (κ3) is 3.81. The molecule has 1 aromatic rings. The zero-order chi connectivity index (χ0) is 19.1. The van der Waals surface area contributed by atoms with Crippen LogP contribution in [0.5, 0.6) is 0 Å². The molecule has 0 aliphatic carbocycles. The molecule has 0 spiro atoms. The molecule has 144 valence electrons. The highest BCUT2D eigenvalue weighted by atomic mass is 32.2. The molecule has 0 bridgehead atoms. The molecule has 3 unspecified atom stereocenters. The second-order valence-electron chi connectivity index (χ2n) is 8.13. The van der Waals surface area contributed by atoms with E-state index in [1.807, 2.05) is 26.0 Å². The van der Waals surface area contributed by atoms with Gasteiger partial charge in [0.15, 0.2) is 9.84 Å². The standard InChI is InChI=1S/C20H29NO4S/c1-13(2)15-5-7-16(8-6-15)19(14(3)4)20(22)21-9-10-25-18-12-26(23,24)11-17(18)21/h5-8,13-14,17-19H,9-12H2,1-4H3.